The monoisotopic (exact) mass is 149 g/mol. The summed E-state index contributed by atoms with van der Waals surface area (Å²) in [7, 11) is 1.13. The second-order valence-electron chi connectivity index (χ2n) is 1.81. The van der Waals surface area contributed by atoms with Gasteiger partial charge in [0.2, 0.25) is 0 Å². The fourth-order valence-corrected chi connectivity index (χ4v) is 0.395. The molecule has 0 amide bonds. The Morgan fingerprint density at radius 2 is 2.30 bits per heavy atom. The maximum atomic E-state index is 10.4. The third-order valence-corrected chi connectivity index (χ3v) is 1.06. The summed E-state index contributed by atoms with van der Waals surface area (Å²) in [6.45, 7) is -0.448. The minimum absolute atomic E-state index is 0.448. The van der Waals surface area contributed by atoms with Gasteiger partial charge >= 0.3 is 5.97 Å². The first-order valence-electron chi connectivity index (χ1n) is 2.75. The molecule has 0 aromatic rings. The molecule has 0 spiro atoms. The number of carbonyl (C=O) groups excluding carboxylic acids is 1. The fourth-order valence-electron chi connectivity index (χ4n) is 0.395. The van der Waals surface area contributed by atoms with E-state index in [1.807, 2.05) is 0 Å². The molecule has 0 aliphatic carbocycles. The van der Waals surface area contributed by atoms with Crippen LogP contribution >= 0.6 is 0 Å². The van der Waals surface area contributed by atoms with Gasteiger partial charge in [0.1, 0.15) is 0 Å². The van der Waals surface area contributed by atoms with E-state index in [4.69, 9.17) is 15.9 Å². The Balaban J connectivity index is 3.81. The lowest BCUT2D eigenvalue weighted by Gasteiger charge is -2.12. The molecule has 2 atom stereocenters. The zero-order valence-corrected chi connectivity index (χ0v) is 5.65. The molecule has 0 heterocycles. The highest BCUT2D eigenvalue weighted by Gasteiger charge is 2.22. The molecule has 10 heavy (non-hydrogen) atoms. The number of aliphatic hydroxyl groups is 2. The number of aliphatic hydroxyl groups excluding tert-OH is 2. The van der Waals surface area contributed by atoms with Gasteiger partial charge in [0.15, 0.2) is 6.10 Å². The molecule has 0 rings (SSSR count). The van der Waals surface area contributed by atoms with E-state index in [2.05, 4.69) is 4.74 Å². The van der Waals surface area contributed by atoms with Crippen molar-refractivity contribution in [1.29, 1.82) is 0 Å². The van der Waals surface area contributed by atoms with Gasteiger partial charge in [-0.25, -0.2) is 4.79 Å². The zero-order chi connectivity index (χ0) is 8.15. The van der Waals surface area contributed by atoms with E-state index < -0.39 is 24.7 Å². The van der Waals surface area contributed by atoms with Gasteiger partial charge in [-0.3, -0.25) is 0 Å². The van der Waals surface area contributed by atoms with Crippen LogP contribution in [0.25, 0.3) is 0 Å². The Morgan fingerprint density at radius 3 is 2.60 bits per heavy atom. The van der Waals surface area contributed by atoms with Crippen LogP contribution < -0.4 is 5.73 Å². The SMILES string of the molecule is COC(=O)C(O)C(N)CO. The van der Waals surface area contributed by atoms with Gasteiger partial charge in [-0.2, -0.15) is 0 Å². The molecule has 0 fully saturated rings. The van der Waals surface area contributed by atoms with Crippen LogP contribution in [0.5, 0.6) is 0 Å². The summed E-state index contributed by atoms with van der Waals surface area (Å²) < 4.78 is 4.15. The molecule has 60 valence electrons. The molecule has 0 radical (unpaired) electrons. The summed E-state index contributed by atoms with van der Waals surface area (Å²) in [5.74, 6) is -0.832. The molecule has 0 aromatic carbocycles. The van der Waals surface area contributed by atoms with Crippen LogP contribution in [-0.4, -0.2) is 42.0 Å². The van der Waals surface area contributed by atoms with Crippen LogP contribution in [0.3, 0.4) is 0 Å². The van der Waals surface area contributed by atoms with E-state index in [-0.39, 0.29) is 0 Å². The third kappa shape index (κ3) is 2.30. The zero-order valence-electron chi connectivity index (χ0n) is 5.65. The van der Waals surface area contributed by atoms with E-state index >= 15 is 0 Å². The van der Waals surface area contributed by atoms with Crippen LogP contribution in [0.4, 0.5) is 0 Å². The van der Waals surface area contributed by atoms with E-state index in [1.54, 1.807) is 0 Å². The summed E-state index contributed by atoms with van der Waals surface area (Å²) in [6, 6.07) is -0.965. The fraction of sp³-hybridized carbons (Fsp3) is 0.800. The molecule has 5 nitrogen and oxygen atoms in total. The summed E-state index contributed by atoms with van der Waals surface area (Å²) in [6.07, 6.45) is -1.44. The molecule has 5 heteroatoms. The molecular formula is C5H11NO4. The van der Waals surface area contributed by atoms with Gasteiger partial charge in [-0.05, 0) is 0 Å². The third-order valence-electron chi connectivity index (χ3n) is 1.06. The minimum atomic E-state index is -1.44. The second kappa shape index (κ2) is 4.21. The number of esters is 1. The summed E-state index contributed by atoms with van der Waals surface area (Å²) >= 11 is 0. The average Bonchev–Trinajstić information content (AvgIpc) is 2.00. The molecule has 0 aliphatic rings. The van der Waals surface area contributed by atoms with Crippen molar-refractivity contribution in [3.05, 3.63) is 0 Å². The summed E-state index contributed by atoms with van der Waals surface area (Å²) in [5.41, 5.74) is 5.09. The van der Waals surface area contributed by atoms with Crippen LogP contribution in [0.1, 0.15) is 0 Å². The van der Waals surface area contributed by atoms with Crippen LogP contribution in [0.15, 0.2) is 0 Å². The first kappa shape index (κ1) is 9.35. The lowest BCUT2D eigenvalue weighted by Crippen LogP contribution is -2.43. The molecule has 0 saturated carbocycles. The van der Waals surface area contributed by atoms with Crippen molar-refractivity contribution < 1.29 is 19.7 Å². The van der Waals surface area contributed by atoms with Gasteiger partial charge in [0.25, 0.3) is 0 Å². The van der Waals surface area contributed by atoms with Crippen molar-refractivity contribution in [1.82, 2.24) is 0 Å². The lowest BCUT2D eigenvalue weighted by atomic mass is 10.2. The predicted octanol–water partition coefficient (Wildman–Crippen LogP) is -2.16. The Morgan fingerprint density at radius 1 is 1.80 bits per heavy atom. The Bertz CT molecular complexity index is 116. The number of hydrogen-bond acceptors (Lipinski definition) is 5. The van der Waals surface area contributed by atoms with Crippen molar-refractivity contribution in [3.63, 3.8) is 0 Å². The maximum Gasteiger partial charge on any atom is 0.336 e. The van der Waals surface area contributed by atoms with Gasteiger partial charge in [-0.1, -0.05) is 0 Å². The van der Waals surface area contributed by atoms with E-state index in [9.17, 15) is 4.79 Å². The van der Waals surface area contributed by atoms with Crippen molar-refractivity contribution in [2.45, 2.75) is 12.1 Å². The highest BCUT2D eigenvalue weighted by Crippen LogP contribution is 1.91. The predicted molar refractivity (Wildman–Crippen MR) is 33.1 cm³/mol. The first-order valence-corrected chi connectivity index (χ1v) is 2.75. The highest BCUT2D eigenvalue weighted by molar-refractivity contribution is 5.75. The number of nitrogens with two attached hydrogens (primary N) is 1. The molecule has 0 aromatic heterocycles. The average molecular weight is 149 g/mol. The number of rotatable bonds is 3. The quantitative estimate of drug-likeness (QED) is 0.397. The highest BCUT2D eigenvalue weighted by atomic mass is 16.5. The molecule has 4 N–H and O–H groups in total. The maximum absolute atomic E-state index is 10.4. The Kier molecular flexibility index (Phi) is 3.94. The van der Waals surface area contributed by atoms with Crippen molar-refractivity contribution in [2.75, 3.05) is 13.7 Å². The standard InChI is InChI=1S/C5H11NO4/c1-10-5(9)4(8)3(6)2-7/h3-4,7-8H,2,6H2,1H3. The molecule has 2 unspecified atom stereocenters. The van der Waals surface area contributed by atoms with Crippen LogP contribution in [0.2, 0.25) is 0 Å². The topological polar surface area (TPSA) is 92.8 Å². The van der Waals surface area contributed by atoms with Crippen LogP contribution in [0, 0.1) is 0 Å². The van der Waals surface area contributed by atoms with Crippen molar-refractivity contribution in [2.24, 2.45) is 5.73 Å². The number of carbonyl (C=O) groups is 1. The van der Waals surface area contributed by atoms with Gasteiger partial charge in [-0.15, -0.1) is 0 Å². The Labute approximate surface area is 58.4 Å². The normalized spacial score (nSPS) is 16.0. The van der Waals surface area contributed by atoms with Gasteiger partial charge in [0.05, 0.1) is 19.8 Å². The largest absolute Gasteiger partial charge is 0.467 e. The molecular weight excluding hydrogens is 138 g/mol. The minimum Gasteiger partial charge on any atom is -0.467 e. The van der Waals surface area contributed by atoms with Gasteiger partial charge in [0, 0.05) is 0 Å². The Hall–Kier alpha value is -0.650. The van der Waals surface area contributed by atoms with Gasteiger partial charge < -0.3 is 20.7 Å². The number of ether oxygens (including phenoxy) is 1. The van der Waals surface area contributed by atoms with E-state index in [0.29, 0.717) is 0 Å². The number of hydrogen-bond donors (Lipinski definition) is 3. The smallest absolute Gasteiger partial charge is 0.336 e. The lowest BCUT2D eigenvalue weighted by molar-refractivity contribution is -0.152. The number of methoxy groups -OCH3 is 1. The summed E-state index contributed by atoms with van der Waals surface area (Å²) in [5, 5.41) is 17.2. The van der Waals surface area contributed by atoms with E-state index in [0.717, 1.165) is 7.11 Å². The second-order valence-corrected chi connectivity index (χ2v) is 1.81. The molecule has 0 bridgehead atoms. The molecule has 0 saturated heterocycles. The van der Waals surface area contributed by atoms with Crippen molar-refractivity contribution in [3.8, 4) is 0 Å². The van der Waals surface area contributed by atoms with Crippen LogP contribution in [-0.2, 0) is 9.53 Å². The van der Waals surface area contributed by atoms with E-state index in [1.165, 1.54) is 0 Å². The first-order chi connectivity index (χ1) is 4.63. The molecule has 0 aliphatic heterocycles. The summed E-state index contributed by atoms with van der Waals surface area (Å²) in [4.78, 5) is 10.4. The van der Waals surface area contributed by atoms with Crippen molar-refractivity contribution >= 4 is 5.97 Å².